The molecule has 2 fully saturated rings. The highest BCUT2D eigenvalue weighted by atomic mass is 16.5. The summed E-state index contributed by atoms with van der Waals surface area (Å²) in [5, 5.41) is 4.62. The Morgan fingerprint density at radius 1 is 1.12 bits per heavy atom. The van der Waals surface area contributed by atoms with E-state index in [9.17, 15) is 9.59 Å². The van der Waals surface area contributed by atoms with Crippen LogP contribution < -0.4 is 5.56 Å². The zero-order valence-corrected chi connectivity index (χ0v) is 15.4. The average Bonchev–Trinajstić information content (AvgIpc) is 3.21. The molecule has 26 heavy (non-hydrogen) atoms. The molecule has 0 N–H and O–H groups in total. The van der Waals surface area contributed by atoms with Crippen LogP contribution in [0.3, 0.4) is 0 Å². The van der Waals surface area contributed by atoms with Crippen molar-refractivity contribution < 1.29 is 9.53 Å². The van der Waals surface area contributed by atoms with Crippen molar-refractivity contribution >= 4 is 5.91 Å². The fourth-order valence-electron chi connectivity index (χ4n) is 4.38. The van der Waals surface area contributed by atoms with Crippen LogP contribution in [0.5, 0.6) is 0 Å². The number of aromatic nitrogens is 2. The van der Waals surface area contributed by atoms with Crippen molar-refractivity contribution in [2.75, 3.05) is 39.4 Å². The minimum atomic E-state index is 0.0253. The molecule has 3 heterocycles. The SMILES string of the molecule is O=C1COCCCN1CCN1CCCC1Cn1nc2c(cc1=O)CCC2. The Labute approximate surface area is 153 Å². The third-order valence-electron chi connectivity index (χ3n) is 5.86. The Bertz CT molecular complexity index is 717. The van der Waals surface area contributed by atoms with Crippen molar-refractivity contribution in [2.24, 2.45) is 0 Å². The van der Waals surface area contributed by atoms with Gasteiger partial charge in [0.15, 0.2) is 0 Å². The largest absolute Gasteiger partial charge is 0.372 e. The third-order valence-corrected chi connectivity index (χ3v) is 5.86. The lowest BCUT2D eigenvalue weighted by Gasteiger charge is -2.28. The lowest BCUT2D eigenvalue weighted by Crippen LogP contribution is -2.43. The molecule has 0 saturated carbocycles. The number of likely N-dealkylation sites (tertiary alicyclic amines) is 1. The minimum absolute atomic E-state index is 0.0253. The summed E-state index contributed by atoms with van der Waals surface area (Å²) < 4.78 is 6.97. The van der Waals surface area contributed by atoms with Gasteiger partial charge in [-0.15, -0.1) is 0 Å². The summed E-state index contributed by atoms with van der Waals surface area (Å²) in [5.41, 5.74) is 2.26. The van der Waals surface area contributed by atoms with Crippen LogP contribution in [0.2, 0.25) is 0 Å². The molecule has 2 saturated heterocycles. The van der Waals surface area contributed by atoms with E-state index in [2.05, 4.69) is 10.00 Å². The molecule has 2 aliphatic heterocycles. The average molecular weight is 360 g/mol. The van der Waals surface area contributed by atoms with Crippen molar-refractivity contribution in [3.8, 4) is 0 Å². The number of amides is 1. The van der Waals surface area contributed by atoms with Gasteiger partial charge in [-0.2, -0.15) is 5.10 Å². The number of fused-ring (bicyclic) bond motifs is 1. The van der Waals surface area contributed by atoms with Crippen molar-refractivity contribution in [1.29, 1.82) is 0 Å². The smallest absolute Gasteiger partial charge is 0.267 e. The maximum absolute atomic E-state index is 12.4. The van der Waals surface area contributed by atoms with Crippen LogP contribution in [-0.4, -0.2) is 70.9 Å². The molecule has 0 bridgehead atoms. The summed E-state index contributed by atoms with van der Waals surface area (Å²) in [7, 11) is 0. The van der Waals surface area contributed by atoms with Crippen LogP contribution in [0.1, 0.15) is 36.9 Å². The minimum Gasteiger partial charge on any atom is -0.372 e. The fourth-order valence-corrected chi connectivity index (χ4v) is 4.38. The Morgan fingerprint density at radius 3 is 2.96 bits per heavy atom. The second kappa shape index (κ2) is 7.88. The van der Waals surface area contributed by atoms with Gasteiger partial charge in [-0.25, -0.2) is 4.68 Å². The maximum Gasteiger partial charge on any atom is 0.267 e. The van der Waals surface area contributed by atoms with Crippen LogP contribution in [0.4, 0.5) is 0 Å². The molecule has 7 nitrogen and oxygen atoms in total. The fraction of sp³-hybridized carbons (Fsp3) is 0.737. The number of hydrogen-bond acceptors (Lipinski definition) is 5. The second-order valence-corrected chi connectivity index (χ2v) is 7.61. The molecule has 1 aromatic heterocycles. The molecule has 1 aliphatic carbocycles. The second-order valence-electron chi connectivity index (χ2n) is 7.61. The van der Waals surface area contributed by atoms with Gasteiger partial charge in [-0.1, -0.05) is 0 Å². The monoisotopic (exact) mass is 360 g/mol. The highest BCUT2D eigenvalue weighted by Crippen LogP contribution is 2.20. The maximum atomic E-state index is 12.4. The van der Waals surface area contributed by atoms with Gasteiger partial charge < -0.3 is 9.64 Å². The molecule has 3 aliphatic rings. The van der Waals surface area contributed by atoms with E-state index in [0.29, 0.717) is 19.2 Å². The van der Waals surface area contributed by atoms with Crippen LogP contribution in [0, 0.1) is 0 Å². The Hall–Kier alpha value is -1.73. The number of nitrogens with zero attached hydrogens (tertiary/aromatic N) is 4. The number of rotatable bonds is 5. The third kappa shape index (κ3) is 3.83. The normalized spacial score (nSPS) is 24.1. The molecule has 1 atom stereocenters. The van der Waals surface area contributed by atoms with E-state index in [1.54, 1.807) is 10.7 Å². The van der Waals surface area contributed by atoms with Crippen LogP contribution in [0.25, 0.3) is 0 Å². The Kier molecular flexibility index (Phi) is 5.36. The van der Waals surface area contributed by atoms with E-state index in [1.165, 1.54) is 0 Å². The highest BCUT2D eigenvalue weighted by molar-refractivity contribution is 5.77. The van der Waals surface area contributed by atoms with Gasteiger partial charge in [0.2, 0.25) is 5.91 Å². The van der Waals surface area contributed by atoms with Crippen molar-refractivity contribution in [3.05, 3.63) is 27.7 Å². The first-order valence-electron chi connectivity index (χ1n) is 9.90. The summed E-state index contributed by atoms with van der Waals surface area (Å²) in [4.78, 5) is 28.8. The van der Waals surface area contributed by atoms with Crippen LogP contribution in [0.15, 0.2) is 10.9 Å². The predicted octanol–water partition coefficient (Wildman–Crippen LogP) is 0.445. The highest BCUT2D eigenvalue weighted by Gasteiger charge is 2.27. The topological polar surface area (TPSA) is 67.7 Å². The van der Waals surface area contributed by atoms with E-state index in [0.717, 1.165) is 76.0 Å². The van der Waals surface area contributed by atoms with E-state index < -0.39 is 0 Å². The number of aryl methyl sites for hydroxylation is 2. The van der Waals surface area contributed by atoms with Gasteiger partial charge in [0, 0.05) is 38.3 Å². The molecule has 0 radical (unpaired) electrons. The van der Waals surface area contributed by atoms with Crippen molar-refractivity contribution in [2.45, 2.75) is 51.1 Å². The van der Waals surface area contributed by atoms with E-state index >= 15 is 0 Å². The summed E-state index contributed by atoms with van der Waals surface area (Å²) in [6.07, 6.45) is 6.22. The molecule has 0 aromatic carbocycles. The van der Waals surface area contributed by atoms with Crippen LogP contribution in [-0.2, 0) is 28.9 Å². The van der Waals surface area contributed by atoms with Gasteiger partial charge in [0.1, 0.15) is 6.61 Å². The van der Waals surface area contributed by atoms with Crippen LogP contribution >= 0.6 is 0 Å². The number of ether oxygens (including phenoxy) is 1. The van der Waals surface area contributed by atoms with Gasteiger partial charge in [0.25, 0.3) is 5.56 Å². The van der Waals surface area contributed by atoms with Gasteiger partial charge in [-0.05, 0) is 50.6 Å². The Balaban J connectivity index is 1.38. The molecule has 7 heteroatoms. The zero-order valence-electron chi connectivity index (χ0n) is 15.4. The van der Waals surface area contributed by atoms with E-state index in [1.807, 2.05) is 4.90 Å². The lowest BCUT2D eigenvalue weighted by atomic mass is 10.2. The summed E-state index contributed by atoms with van der Waals surface area (Å²) in [5.74, 6) is 0.0924. The van der Waals surface area contributed by atoms with Gasteiger partial charge in [-0.3, -0.25) is 14.5 Å². The first-order chi connectivity index (χ1) is 12.7. The van der Waals surface area contributed by atoms with Gasteiger partial charge in [0.05, 0.1) is 12.2 Å². The first-order valence-corrected chi connectivity index (χ1v) is 9.90. The number of hydrogen-bond donors (Lipinski definition) is 0. The summed E-state index contributed by atoms with van der Waals surface area (Å²) in [6, 6.07) is 2.11. The van der Waals surface area contributed by atoms with Crippen molar-refractivity contribution in [3.63, 3.8) is 0 Å². The molecule has 1 unspecified atom stereocenters. The molecule has 1 aromatic rings. The quantitative estimate of drug-likeness (QED) is 0.763. The molecule has 0 spiro atoms. The van der Waals surface area contributed by atoms with Gasteiger partial charge >= 0.3 is 0 Å². The molecule has 142 valence electrons. The molecule has 4 rings (SSSR count). The summed E-state index contributed by atoms with van der Waals surface area (Å²) in [6.45, 7) is 4.94. The molecular weight excluding hydrogens is 332 g/mol. The number of carbonyl (C=O) groups excluding carboxylic acids is 1. The standard InChI is InChI=1S/C19H28N4O3/c24-18-12-15-4-1-6-17(15)20-23(18)13-16-5-2-7-21(16)9-10-22-8-3-11-26-14-19(22)25/h12,16H,1-11,13-14H2. The number of carbonyl (C=O) groups is 1. The van der Waals surface area contributed by atoms with Crippen molar-refractivity contribution in [1.82, 2.24) is 19.6 Å². The van der Waals surface area contributed by atoms with E-state index in [-0.39, 0.29) is 18.1 Å². The first kappa shape index (κ1) is 17.7. The zero-order chi connectivity index (χ0) is 17.9. The molecular formula is C19H28N4O3. The summed E-state index contributed by atoms with van der Waals surface area (Å²) >= 11 is 0. The van der Waals surface area contributed by atoms with E-state index in [4.69, 9.17) is 4.74 Å². The lowest BCUT2D eigenvalue weighted by molar-refractivity contribution is -0.134. The Morgan fingerprint density at radius 2 is 2.04 bits per heavy atom. The molecule has 1 amide bonds. The predicted molar refractivity (Wildman–Crippen MR) is 97.1 cm³/mol.